The van der Waals surface area contributed by atoms with Gasteiger partial charge in [0.05, 0.1) is 20.3 Å². The molecule has 0 bridgehead atoms. The first kappa shape index (κ1) is 14.2. The van der Waals surface area contributed by atoms with Crippen LogP contribution in [-0.2, 0) is 6.54 Å². The van der Waals surface area contributed by atoms with Gasteiger partial charge in [0.1, 0.15) is 18.0 Å². The Bertz CT molecular complexity index is 406. The summed E-state index contributed by atoms with van der Waals surface area (Å²) in [4.78, 5) is 0. The van der Waals surface area contributed by atoms with Crippen molar-refractivity contribution >= 4 is 0 Å². The normalized spacial score (nSPS) is 23.1. The van der Waals surface area contributed by atoms with Crippen LogP contribution >= 0.6 is 0 Å². The van der Waals surface area contributed by atoms with Crippen LogP contribution in [-0.4, -0.2) is 20.3 Å². The van der Waals surface area contributed by atoms with E-state index in [1.54, 1.807) is 14.2 Å². The van der Waals surface area contributed by atoms with Crippen LogP contribution < -0.4 is 14.8 Å². The molecule has 3 nitrogen and oxygen atoms in total. The second-order valence-corrected chi connectivity index (χ2v) is 5.54. The minimum Gasteiger partial charge on any atom is -0.497 e. The van der Waals surface area contributed by atoms with Crippen molar-refractivity contribution in [2.45, 2.75) is 45.2 Å². The van der Waals surface area contributed by atoms with E-state index in [0.717, 1.165) is 30.0 Å². The van der Waals surface area contributed by atoms with E-state index in [-0.39, 0.29) is 0 Å². The van der Waals surface area contributed by atoms with E-state index in [1.165, 1.54) is 31.2 Å². The summed E-state index contributed by atoms with van der Waals surface area (Å²) in [6.07, 6.45) is 5.50. The number of methoxy groups -OCH3 is 2. The first-order chi connectivity index (χ1) is 9.24. The van der Waals surface area contributed by atoms with Gasteiger partial charge in [-0.15, -0.1) is 0 Å². The number of benzene rings is 1. The molecule has 0 amide bonds. The van der Waals surface area contributed by atoms with Crippen LogP contribution in [0, 0.1) is 5.92 Å². The third kappa shape index (κ3) is 3.63. The average molecular weight is 264 g/mol. The third-order valence-corrected chi connectivity index (χ3v) is 4.31. The molecule has 1 aliphatic carbocycles. The smallest absolute Gasteiger partial charge is 0.131 e. The molecule has 0 heterocycles. The van der Waals surface area contributed by atoms with E-state index in [1.807, 2.05) is 12.1 Å². The topological polar surface area (TPSA) is 35.1 Å². The Balaban J connectivity index is 1.98. The van der Waals surface area contributed by atoms with E-state index in [2.05, 4.69) is 18.3 Å². The Morgan fingerprint density at radius 3 is 2.63 bits per heavy atom. The molecule has 2 atom stereocenters. The van der Waals surface area contributed by atoms with Gasteiger partial charge < -0.3 is 14.8 Å². The summed E-state index contributed by atoms with van der Waals surface area (Å²) < 4.78 is 10.7. The first-order valence-electron chi connectivity index (χ1n) is 7.29. The lowest BCUT2D eigenvalue weighted by molar-refractivity contribution is -0.712. The Kier molecular flexibility index (Phi) is 5.08. The molecule has 1 aliphatic rings. The van der Waals surface area contributed by atoms with E-state index in [0.29, 0.717) is 0 Å². The molecule has 3 heteroatoms. The Hall–Kier alpha value is -1.22. The highest BCUT2D eigenvalue weighted by atomic mass is 16.5. The molecule has 106 valence electrons. The summed E-state index contributed by atoms with van der Waals surface area (Å²) in [6.45, 7) is 3.37. The van der Waals surface area contributed by atoms with Crippen molar-refractivity contribution in [3.05, 3.63) is 23.8 Å². The van der Waals surface area contributed by atoms with Gasteiger partial charge in [-0.3, -0.25) is 0 Å². The lowest BCUT2D eigenvalue weighted by atomic mass is 9.86. The number of ether oxygens (including phenoxy) is 2. The minimum absolute atomic E-state index is 0.764. The second kappa shape index (κ2) is 6.80. The van der Waals surface area contributed by atoms with Gasteiger partial charge in [-0.1, -0.05) is 13.3 Å². The zero-order chi connectivity index (χ0) is 13.7. The Morgan fingerprint density at radius 1 is 1.16 bits per heavy atom. The number of nitrogens with two attached hydrogens (primary N) is 1. The molecular weight excluding hydrogens is 238 g/mol. The summed E-state index contributed by atoms with van der Waals surface area (Å²) in [5, 5.41) is 2.48. The number of hydrogen-bond acceptors (Lipinski definition) is 2. The largest absolute Gasteiger partial charge is 0.497 e. The van der Waals surface area contributed by atoms with Gasteiger partial charge in [0.15, 0.2) is 0 Å². The summed E-state index contributed by atoms with van der Waals surface area (Å²) in [5.74, 6) is 2.61. The van der Waals surface area contributed by atoms with E-state index >= 15 is 0 Å². The fraction of sp³-hybridized carbons (Fsp3) is 0.625. The highest BCUT2D eigenvalue weighted by Crippen LogP contribution is 2.25. The molecular formula is C16H26NO2+. The molecule has 0 saturated heterocycles. The first-order valence-corrected chi connectivity index (χ1v) is 7.29. The van der Waals surface area contributed by atoms with Gasteiger partial charge >= 0.3 is 0 Å². The Morgan fingerprint density at radius 2 is 1.95 bits per heavy atom. The maximum atomic E-state index is 5.45. The molecule has 1 aromatic rings. The molecule has 2 N–H and O–H groups in total. The van der Waals surface area contributed by atoms with E-state index in [4.69, 9.17) is 9.47 Å². The van der Waals surface area contributed by atoms with Crippen LogP contribution in [0.4, 0.5) is 0 Å². The van der Waals surface area contributed by atoms with Gasteiger partial charge in [0, 0.05) is 17.5 Å². The van der Waals surface area contributed by atoms with E-state index in [9.17, 15) is 0 Å². The summed E-state index contributed by atoms with van der Waals surface area (Å²) >= 11 is 0. The highest BCUT2D eigenvalue weighted by Gasteiger charge is 2.24. The molecule has 0 unspecified atom stereocenters. The van der Waals surface area contributed by atoms with Crippen molar-refractivity contribution in [3.63, 3.8) is 0 Å². The second-order valence-electron chi connectivity index (χ2n) is 5.54. The fourth-order valence-corrected chi connectivity index (χ4v) is 2.99. The maximum Gasteiger partial charge on any atom is 0.131 e. The van der Waals surface area contributed by atoms with Crippen LogP contribution in [0.25, 0.3) is 0 Å². The summed E-state index contributed by atoms with van der Waals surface area (Å²) in [5.41, 5.74) is 1.25. The number of hydrogen-bond donors (Lipinski definition) is 1. The van der Waals surface area contributed by atoms with Crippen molar-refractivity contribution in [2.24, 2.45) is 5.92 Å². The lowest BCUT2D eigenvalue weighted by Crippen LogP contribution is -2.90. The van der Waals surface area contributed by atoms with Crippen LogP contribution in [0.15, 0.2) is 18.2 Å². The Labute approximate surface area is 116 Å². The van der Waals surface area contributed by atoms with E-state index < -0.39 is 0 Å². The zero-order valence-corrected chi connectivity index (χ0v) is 12.3. The SMILES string of the molecule is COc1ccc(C[NH2+][C@H]2CCCC[C@@H]2C)c(OC)c1. The number of quaternary nitrogens is 1. The maximum absolute atomic E-state index is 5.45. The van der Waals surface area contributed by atoms with Gasteiger partial charge in [-0.2, -0.15) is 0 Å². The highest BCUT2D eigenvalue weighted by molar-refractivity contribution is 5.40. The molecule has 1 fully saturated rings. The molecule has 2 rings (SSSR count). The quantitative estimate of drug-likeness (QED) is 0.886. The van der Waals surface area contributed by atoms with Crippen molar-refractivity contribution in [1.29, 1.82) is 0 Å². The predicted octanol–water partition coefficient (Wildman–Crippen LogP) is 2.35. The van der Waals surface area contributed by atoms with Gasteiger partial charge in [-0.05, 0) is 31.4 Å². The minimum atomic E-state index is 0.764. The van der Waals surface area contributed by atoms with Gasteiger partial charge in [-0.25, -0.2) is 0 Å². The fourth-order valence-electron chi connectivity index (χ4n) is 2.99. The standard InChI is InChI=1S/C16H25NO2/c1-12-6-4-5-7-15(12)17-11-13-8-9-14(18-2)10-16(13)19-3/h8-10,12,15,17H,4-7,11H2,1-3H3/p+1/t12-,15-/m0/s1. The zero-order valence-electron chi connectivity index (χ0n) is 12.3. The van der Waals surface area contributed by atoms with Crippen molar-refractivity contribution < 1.29 is 14.8 Å². The van der Waals surface area contributed by atoms with Gasteiger partial charge in [0.25, 0.3) is 0 Å². The van der Waals surface area contributed by atoms with Crippen LogP contribution in [0.1, 0.15) is 38.2 Å². The molecule has 0 radical (unpaired) electrons. The molecule has 19 heavy (non-hydrogen) atoms. The number of rotatable bonds is 5. The van der Waals surface area contributed by atoms with Gasteiger partial charge in [0.2, 0.25) is 0 Å². The summed E-state index contributed by atoms with van der Waals surface area (Å²) in [7, 11) is 3.41. The molecule has 1 saturated carbocycles. The molecule has 0 spiro atoms. The van der Waals surface area contributed by atoms with Crippen LogP contribution in [0.2, 0.25) is 0 Å². The average Bonchev–Trinajstić information content (AvgIpc) is 2.46. The predicted molar refractivity (Wildman–Crippen MR) is 76.6 cm³/mol. The lowest BCUT2D eigenvalue weighted by Gasteiger charge is -2.26. The molecule has 0 aromatic heterocycles. The summed E-state index contributed by atoms with van der Waals surface area (Å²) in [6, 6.07) is 6.85. The van der Waals surface area contributed by atoms with Crippen LogP contribution in [0.5, 0.6) is 11.5 Å². The third-order valence-electron chi connectivity index (χ3n) is 4.31. The van der Waals surface area contributed by atoms with Crippen molar-refractivity contribution in [1.82, 2.24) is 0 Å². The monoisotopic (exact) mass is 264 g/mol. The van der Waals surface area contributed by atoms with Crippen molar-refractivity contribution in [3.8, 4) is 11.5 Å². The van der Waals surface area contributed by atoms with Crippen LogP contribution in [0.3, 0.4) is 0 Å². The van der Waals surface area contributed by atoms with Crippen molar-refractivity contribution in [2.75, 3.05) is 14.2 Å². The molecule has 0 aliphatic heterocycles. The molecule has 1 aromatic carbocycles.